The maximum atomic E-state index is 9.22. The summed E-state index contributed by atoms with van der Waals surface area (Å²) in [5.74, 6) is 6.76. The molecule has 7 aliphatic rings. The number of aryl methyl sites for hydroxylation is 2. The van der Waals surface area contributed by atoms with Crippen LogP contribution in [0.4, 0.5) is 0 Å². The molecule has 21 nitrogen and oxygen atoms in total. The van der Waals surface area contributed by atoms with Crippen molar-refractivity contribution in [3.8, 4) is 40.2 Å². The van der Waals surface area contributed by atoms with Crippen LogP contribution in [0.5, 0.6) is 40.2 Å². The molecule has 0 radical (unpaired) electrons. The average Bonchev–Trinajstić information content (AvgIpc) is 0.817. The van der Waals surface area contributed by atoms with Gasteiger partial charge in [0.05, 0.1) is 33.0 Å². The molecule has 0 aliphatic carbocycles. The number of ether oxygens (including phenoxy) is 7. The highest BCUT2D eigenvalue weighted by atomic mass is 16.5. The fraction of sp³-hybridized carbons (Fsp3) is 0.462. The Kier molecular flexibility index (Phi) is 29.8. The Morgan fingerprint density at radius 3 is 0.939 bits per heavy atom. The van der Waals surface area contributed by atoms with Gasteiger partial charge >= 0.3 is 0 Å². The highest BCUT2D eigenvalue weighted by molar-refractivity contribution is 5.49. The molecule has 7 N–H and O–H groups in total. The molecule has 0 aromatic heterocycles. The molecule has 7 aliphatic heterocycles. The van der Waals surface area contributed by atoms with Crippen LogP contribution in [-0.2, 0) is 51.2 Å². The molecule has 0 amide bonds. The van der Waals surface area contributed by atoms with Crippen LogP contribution in [0.25, 0.3) is 0 Å². The van der Waals surface area contributed by atoms with Crippen molar-refractivity contribution in [3.63, 3.8) is 0 Å². The monoisotopic (exact) mass is 1360 g/mol. The van der Waals surface area contributed by atoms with Gasteiger partial charge < -0.3 is 68.9 Å². The maximum Gasteiger partial charge on any atom is 0.142 e. The van der Waals surface area contributed by atoms with Gasteiger partial charge in [0.1, 0.15) is 87.4 Å². The van der Waals surface area contributed by atoms with Crippen molar-refractivity contribution in [1.29, 1.82) is 0 Å². The molecule has 536 valence electrons. The van der Waals surface area contributed by atoms with Crippen molar-refractivity contribution in [3.05, 3.63) is 207 Å². The second-order valence-corrected chi connectivity index (χ2v) is 26.4. The first-order valence-corrected chi connectivity index (χ1v) is 34.6. The first-order valence-electron chi connectivity index (χ1n) is 34.6. The molecule has 0 saturated heterocycles. The van der Waals surface area contributed by atoms with Crippen molar-refractivity contribution in [1.82, 2.24) is 34.3 Å². The van der Waals surface area contributed by atoms with Crippen LogP contribution in [0.15, 0.2) is 146 Å². The Balaban J connectivity index is 0.000000143. The summed E-state index contributed by atoms with van der Waals surface area (Å²) in [5, 5.41) is 62.6. The molecular formula is C78H105N7O14. The Bertz CT molecular complexity index is 3510. The molecule has 7 aromatic rings. The molecular weight excluding hydrogens is 1260 g/mol. The van der Waals surface area contributed by atoms with E-state index in [1.54, 1.807) is 0 Å². The minimum Gasteiger partial charge on any atom is -0.478 e. The fourth-order valence-electron chi connectivity index (χ4n) is 12.4. The van der Waals surface area contributed by atoms with Gasteiger partial charge in [0.15, 0.2) is 0 Å². The zero-order valence-corrected chi connectivity index (χ0v) is 58.6. The van der Waals surface area contributed by atoms with Crippen LogP contribution in [0.3, 0.4) is 0 Å². The van der Waals surface area contributed by atoms with Gasteiger partial charge in [-0.05, 0) is 99.3 Å². The molecule has 1 unspecified atom stereocenters. The number of aliphatic hydroxyl groups excluding tert-OH is 7. The van der Waals surface area contributed by atoms with Gasteiger partial charge in [-0.15, -0.1) is 0 Å². The average molecular weight is 1360 g/mol. The summed E-state index contributed by atoms with van der Waals surface area (Å²) in [6.45, 7) is 26.4. The molecule has 0 saturated carbocycles. The lowest BCUT2D eigenvalue weighted by molar-refractivity contribution is 0.0375. The van der Waals surface area contributed by atoms with E-state index in [1.807, 2.05) is 73.7 Å². The molecule has 14 rings (SSSR count). The highest BCUT2D eigenvalue weighted by Crippen LogP contribution is 2.39. The number of fused-ring (bicyclic) bond motifs is 7. The summed E-state index contributed by atoms with van der Waals surface area (Å²) in [4.78, 5) is 14.9. The van der Waals surface area contributed by atoms with E-state index in [0.717, 1.165) is 123 Å². The smallest absolute Gasteiger partial charge is 0.142 e. The van der Waals surface area contributed by atoms with E-state index < -0.39 is 0 Å². The standard InChI is InChI=1S/C23H30N2O4.C12H17NO2.3C11H15NO2.C10H13NO2/c1-23(2,19-3-5-21-17(11-19)13-24(7-9-26)15-28-21)20-4-6-22-18(12-20)14-25(8-10-27)16-29-22;1-10-3-4-12-11(7-10)8-13(9-15-12)5-2-6-14;1-9-2-3-11-10(6-9)7-12(4-5-13)8-14-11;1-9(7-13)12-6-10-4-2-3-5-11(10)14-8-12;13-7-3-6-12-8-10-4-1-2-5-11(10)14-9-12;12-6-5-11-7-9-3-1-2-4-10(9)13-8-11/h3-6,11-12,26-27H,7-10,13-16H2,1-2H3;3-4,7,14H,2,5-6,8-9H2,1H3;2-3,6,13H,4-5,7-8H2,1H3;2-5,9,13H,6-8H2,1H3;1-2,4-5,13H,3,6-9H2;1-4,12H,5-8H2. The minimum atomic E-state index is -0.178. The van der Waals surface area contributed by atoms with E-state index in [2.05, 4.69) is 141 Å². The minimum absolute atomic E-state index is 0.133. The molecule has 21 heteroatoms. The Labute approximate surface area is 585 Å². The van der Waals surface area contributed by atoms with Gasteiger partial charge in [-0.25, -0.2) is 0 Å². The van der Waals surface area contributed by atoms with Crippen molar-refractivity contribution in [2.75, 3.05) is 133 Å². The van der Waals surface area contributed by atoms with Crippen molar-refractivity contribution >= 4 is 0 Å². The first-order chi connectivity index (χ1) is 48.2. The van der Waals surface area contributed by atoms with Gasteiger partial charge in [0.2, 0.25) is 0 Å². The molecule has 0 fully saturated rings. The Morgan fingerprint density at radius 2 is 0.606 bits per heavy atom. The predicted molar refractivity (Wildman–Crippen MR) is 381 cm³/mol. The predicted octanol–water partition coefficient (Wildman–Crippen LogP) is 8.24. The summed E-state index contributed by atoms with van der Waals surface area (Å²) in [5.41, 5.74) is 13.2. The summed E-state index contributed by atoms with van der Waals surface area (Å²) in [7, 11) is 0. The fourth-order valence-corrected chi connectivity index (χ4v) is 12.4. The van der Waals surface area contributed by atoms with Crippen LogP contribution in [-0.4, -0.2) is 209 Å². The van der Waals surface area contributed by atoms with Gasteiger partial charge in [0, 0.05) is 149 Å². The molecule has 99 heavy (non-hydrogen) atoms. The number of aliphatic hydroxyl groups is 7. The number of hydrogen-bond acceptors (Lipinski definition) is 21. The van der Waals surface area contributed by atoms with Gasteiger partial charge in [-0.1, -0.05) is 116 Å². The third kappa shape index (κ3) is 22.3. The van der Waals surface area contributed by atoms with Gasteiger partial charge in [-0.3, -0.25) is 34.3 Å². The quantitative estimate of drug-likeness (QED) is 0.0429. The summed E-state index contributed by atoms with van der Waals surface area (Å²) in [6, 6.07) is 49.7. The maximum absolute atomic E-state index is 9.22. The topological polar surface area (TPSA) is 229 Å². The van der Waals surface area contributed by atoms with E-state index in [0.29, 0.717) is 73.3 Å². The molecule has 1 atom stereocenters. The highest BCUT2D eigenvalue weighted by Gasteiger charge is 2.29. The molecule has 0 bridgehead atoms. The van der Waals surface area contributed by atoms with E-state index in [1.165, 1.54) is 50.1 Å². The number of para-hydroxylation sites is 3. The zero-order valence-electron chi connectivity index (χ0n) is 58.6. The first kappa shape index (κ1) is 75.8. The Morgan fingerprint density at radius 1 is 0.323 bits per heavy atom. The van der Waals surface area contributed by atoms with Crippen molar-refractivity contribution < 1.29 is 68.9 Å². The van der Waals surface area contributed by atoms with Crippen LogP contribution in [0, 0.1) is 13.8 Å². The van der Waals surface area contributed by atoms with Crippen LogP contribution in [0.2, 0.25) is 0 Å². The second-order valence-electron chi connectivity index (χ2n) is 26.4. The van der Waals surface area contributed by atoms with Crippen LogP contribution < -0.4 is 33.2 Å². The van der Waals surface area contributed by atoms with E-state index in [4.69, 9.17) is 58.7 Å². The summed E-state index contributed by atoms with van der Waals surface area (Å²) in [6.07, 6.45) is 1.62. The van der Waals surface area contributed by atoms with E-state index >= 15 is 0 Å². The largest absolute Gasteiger partial charge is 0.478 e. The number of rotatable bonds is 18. The van der Waals surface area contributed by atoms with Crippen molar-refractivity contribution in [2.24, 2.45) is 0 Å². The number of nitrogens with zero attached hydrogens (tertiary/aromatic N) is 7. The molecule has 0 spiro atoms. The SMILES string of the molecule is CC(C)(c1ccc2c(c1)CN(CCO)CO2)c1ccc2c(c1)CN(CCO)CO2.CC(CO)N1COc2ccccc2C1.Cc1ccc2c(c1)CN(CCCO)CO2.Cc1ccc2c(c1)CN(CCO)CO2.OCCCN1COc2ccccc2C1.OCCN1COc2ccccc2C1. The van der Waals surface area contributed by atoms with Gasteiger partial charge in [-0.2, -0.15) is 0 Å². The normalized spacial score (nSPS) is 16.8. The lowest BCUT2D eigenvalue weighted by Gasteiger charge is -2.33. The van der Waals surface area contributed by atoms with E-state index in [9.17, 15) is 10.2 Å². The van der Waals surface area contributed by atoms with Gasteiger partial charge in [0.25, 0.3) is 0 Å². The van der Waals surface area contributed by atoms with Crippen LogP contribution in [0.1, 0.15) is 94.8 Å². The third-order valence-electron chi connectivity index (χ3n) is 18.3. The van der Waals surface area contributed by atoms with Crippen LogP contribution >= 0.6 is 0 Å². The lowest BCUT2D eigenvalue weighted by atomic mass is 9.77. The summed E-state index contributed by atoms with van der Waals surface area (Å²) >= 11 is 0. The zero-order chi connectivity index (χ0) is 69.9. The number of β-amino-alcohol motifs (C(OH)–C–C–N with tert-alkyl or cyclic N) is 4. The molecule has 7 aromatic carbocycles. The third-order valence-corrected chi connectivity index (χ3v) is 18.3. The lowest BCUT2D eigenvalue weighted by Crippen LogP contribution is -2.40. The Hall–Kier alpha value is -7.42. The van der Waals surface area contributed by atoms with Crippen molar-refractivity contribution in [2.45, 2.75) is 105 Å². The number of hydrogen-bond donors (Lipinski definition) is 7. The second kappa shape index (κ2) is 39.0. The molecule has 7 heterocycles. The number of benzene rings is 7. The van der Waals surface area contributed by atoms with E-state index in [-0.39, 0.29) is 57.7 Å². The summed E-state index contributed by atoms with van der Waals surface area (Å²) < 4.78 is 39.5.